The monoisotopic (exact) mass is 472 g/mol. The zero-order valence-corrected chi connectivity index (χ0v) is 20.1. The van der Waals surface area contributed by atoms with E-state index in [1.54, 1.807) is 24.3 Å². The number of rotatable bonds is 8. The van der Waals surface area contributed by atoms with E-state index in [2.05, 4.69) is 44.5 Å². The molecule has 2 heterocycles. The molecule has 1 aliphatic heterocycles. The molecule has 1 saturated heterocycles. The molecule has 4 rings (SSSR count). The van der Waals surface area contributed by atoms with E-state index in [0.717, 1.165) is 49.2 Å². The molecule has 3 aromatic rings. The molecule has 2 amide bonds. The van der Waals surface area contributed by atoms with Crippen molar-refractivity contribution in [2.75, 3.05) is 26.7 Å². The van der Waals surface area contributed by atoms with Crippen LogP contribution < -0.4 is 11.1 Å². The Hall–Kier alpha value is -3.62. The maximum absolute atomic E-state index is 12.7. The Bertz CT molecular complexity index is 1130. The van der Waals surface area contributed by atoms with Gasteiger partial charge in [-0.15, -0.1) is 0 Å². The molecule has 0 unspecified atom stereocenters. The molecule has 1 aromatic heterocycles. The summed E-state index contributed by atoms with van der Waals surface area (Å²) in [6.45, 7) is 3.28. The number of nitrogens with two attached hydrogens (primary N) is 1. The van der Waals surface area contributed by atoms with E-state index in [1.165, 1.54) is 5.56 Å². The molecule has 0 bridgehead atoms. The summed E-state index contributed by atoms with van der Waals surface area (Å²) in [6.07, 6.45) is 5.14. The number of nitrogens with one attached hydrogen (secondary N) is 1. The maximum atomic E-state index is 12.7. The number of hydrogen-bond donors (Lipinski definition) is 2. The number of likely N-dealkylation sites (N-methyl/N-ethyl adjacent to an activating group) is 1. The van der Waals surface area contributed by atoms with Crippen LogP contribution in [0.25, 0.3) is 11.1 Å². The van der Waals surface area contributed by atoms with E-state index in [9.17, 15) is 9.59 Å². The highest BCUT2D eigenvalue weighted by Crippen LogP contribution is 2.20. The van der Waals surface area contributed by atoms with Crippen molar-refractivity contribution in [3.8, 4) is 11.1 Å². The lowest BCUT2D eigenvalue weighted by atomic mass is 10.0. The van der Waals surface area contributed by atoms with Crippen LogP contribution >= 0.6 is 0 Å². The van der Waals surface area contributed by atoms with Crippen LogP contribution in [-0.4, -0.2) is 64.3 Å². The zero-order chi connectivity index (χ0) is 24.6. The minimum atomic E-state index is -0.242. The standard InChI is InChI=1S/C27H32N6O2/c1-32(25(34)15-28)18-21-8-5-9-22(14-21)23-16-29-26(30-17-23)27(35)31-24-10-12-33(13-11-24)19-20-6-3-2-4-7-20/h2-9,14,16-17,24H,10-13,15,18-19,28H2,1H3,(H,31,35). The normalized spacial score (nSPS) is 14.5. The van der Waals surface area contributed by atoms with Gasteiger partial charge < -0.3 is 16.0 Å². The highest BCUT2D eigenvalue weighted by Gasteiger charge is 2.22. The minimum absolute atomic E-state index is 0.0135. The van der Waals surface area contributed by atoms with Crippen LogP contribution in [0.15, 0.2) is 67.0 Å². The van der Waals surface area contributed by atoms with Crippen LogP contribution in [0.2, 0.25) is 0 Å². The van der Waals surface area contributed by atoms with E-state index >= 15 is 0 Å². The molecule has 0 aliphatic carbocycles. The molecule has 3 N–H and O–H groups in total. The summed E-state index contributed by atoms with van der Waals surface area (Å²) in [4.78, 5) is 37.1. The SMILES string of the molecule is CN(Cc1cccc(-c2cnc(C(=O)NC3CCN(Cc4ccccc4)CC3)nc2)c1)C(=O)CN. The van der Waals surface area contributed by atoms with Crippen LogP contribution in [0, 0.1) is 0 Å². The molecule has 2 aromatic carbocycles. The van der Waals surface area contributed by atoms with Gasteiger partial charge in [0.15, 0.2) is 0 Å². The number of aromatic nitrogens is 2. The maximum Gasteiger partial charge on any atom is 0.289 e. The van der Waals surface area contributed by atoms with E-state index < -0.39 is 0 Å². The second-order valence-corrected chi connectivity index (χ2v) is 8.96. The predicted octanol–water partition coefficient (Wildman–Crippen LogP) is 2.46. The van der Waals surface area contributed by atoms with Crippen molar-refractivity contribution < 1.29 is 9.59 Å². The molecule has 8 nitrogen and oxygen atoms in total. The first-order chi connectivity index (χ1) is 17.0. The number of hydrogen-bond acceptors (Lipinski definition) is 6. The summed E-state index contributed by atoms with van der Waals surface area (Å²) in [7, 11) is 1.73. The molecule has 8 heteroatoms. The van der Waals surface area contributed by atoms with Gasteiger partial charge in [0.05, 0.1) is 6.54 Å². The molecule has 182 valence electrons. The Balaban J connectivity index is 1.30. The predicted molar refractivity (Wildman–Crippen MR) is 135 cm³/mol. The zero-order valence-electron chi connectivity index (χ0n) is 20.1. The smallest absolute Gasteiger partial charge is 0.289 e. The second kappa shape index (κ2) is 11.7. The fourth-order valence-corrected chi connectivity index (χ4v) is 4.29. The first-order valence-corrected chi connectivity index (χ1v) is 11.9. The molecule has 0 atom stereocenters. The molecule has 0 saturated carbocycles. The third-order valence-corrected chi connectivity index (χ3v) is 6.31. The van der Waals surface area contributed by atoms with Gasteiger partial charge in [-0.25, -0.2) is 9.97 Å². The fourth-order valence-electron chi connectivity index (χ4n) is 4.29. The van der Waals surface area contributed by atoms with Crippen molar-refractivity contribution >= 4 is 11.8 Å². The molecule has 35 heavy (non-hydrogen) atoms. The summed E-state index contributed by atoms with van der Waals surface area (Å²) in [6, 6.07) is 18.4. The largest absolute Gasteiger partial charge is 0.346 e. The van der Waals surface area contributed by atoms with E-state index in [4.69, 9.17) is 5.73 Å². The summed E-state index contributed by atoms with van der Waals surface area (Å²) < 4.78 is 0. The van der Waals surface area contributed by atoms with Gasteiger partial charge in [-0.2, -0.15) is 0 Å². The molecular formula is C27H32N6O2. The van der Waals surface area contributed by atoms with E-state index in [-0.39, 0.29) is 30.2 Å². The van der Waals surface area contributed by atoms with Crippen LogP contribution in [0.4, 0.5) is 0 Å². The molecule has 1 fully saturated rings. The second-order valence-electron chi connectivity index (χ2n) is 8.96. The lowest BCUT2D eigenvalue weighted by Gasteiger charge is -2.32. The van der Waals surface area contributed by atoms with Crippen molar-refractivity contribution in [3.63, 3.8) is 0 Å². The third-order valence-electron chi connectivity index (χ3n) is 6.31. The quantitative estimate of drug-likeness (QED) is 0.522. The topological polar surface area (TPSA) is 104 Å². The summed E-state index contributed by atoms with van der Waals surface area (Å²) in [5.74, 6) is -0.186. The molecular weight excluding hydrogens is 440 g/mol. The van der Waals surface area contributed by atoms with Crippen LogP contribution in [0.3, 0.4) is 0 Å². The van der Waals surface area contributed by atoms with Crippen LogP contribution in [0.1, 0.15) is 34.6 Å². The highest BCUT2D eigenvalue weighted by molar-refractivity contribution is 5.90. The van der Waals surface area contributed by atoms with Crippen molar-refractivity contribution in [1.29, 1.82) is 0 Å². The number of piperidine rings is 1. The first kappa shape index (κ1) is 24.5. The van der Waals surface area contributed by atoms with Gasteiger partial charge in [0.1, 0.15) is 0 Å². The van der Waals surface area contributed by atoms with Gasteiger partial charge in [-0.1, -0.05) is 48.5 Å². The Kier molecular flexibility index (Phi) is 8.18. The number of benzene rings is 2. The summed E-state index contributed by atoms with van der Waals surface area (Å²) >= 11 is 0. The third kappa shape index (κ3) is 6.71. The Labute approximate surface area is 206 Å². The Morgan fingerprint density at radius 3 is 2.37 bits per heavy atom. The van der Waals surface area contributed by atoms with Gasteiger partial charge >= 0.3 is 0 Å². The number of carbonyl (C=O) groups excluding carboxylic acids is 2. The average Bonchev–Trinajstić information content (AvgIpc) is 2.90. The Morgan fingerprint density at radius 1 is 1.00 bits per heavy atom. The van der Waals surface area contributed by atoms with Crippen molar-refractivity contribution in [1.82, 2.24) is 25.1 Å². The number of amides is 2. The minimum Gasteiger partial charge on any atom is -0.346 e. The van der Waals surface area contributed by atoms with E-state index in [0.29, 0.717) is 6.54 Å². The number of carbonyl (C=O) groups is 2. The van der Waals surface area contributed by atoms with Gasteiger partial charge in [-0.3, -0.25) is 14.5 Å². The van der Waals surface area contributed by atoms with Crippen molar-refractivity contribution in [3.05, 3.63) is 83.9 Å². The van der Waals surface area contributed by atoms with Gasteiger partial charge in [0.2, 0.25) is 11.7 Å². The van der Waals surface area contributed by atoms with Crippen molar-refractivity contribution in [2.45, 2.75) is 32.0 Å². The molecule has 0 radical (unpaired) electrons. The van der Waals surface area contributed by atoms with Crippen LogP contribution in [-0.2, 0) is 17.9 Å². The molecule has 0 spiro atoms. The van der Waals surface area contributed by atoms with Crippen LogP contribution in [0.5, 0.6) is 0 Å². The number of nitrogens with zero attached hydrogens (tertiary/aromatic N) is 4. The van der Waals surface area contributed by atoms with Gasteiger partial charge in [-0.05, 0) is 35.6 Å². The lowest BCUT2D eigenvalue weighted by Crippen LogP contribution is -2.44. The molecule has 1 aliphatic rings. The van der Waals surface area contributed by atoms with Crippen molar-refractivity contribution in [2.24, 2.45) is 5.73 Å². The fraction of sp³-hybridized carbons (Fsp3) is 0.333. The van der Waals surface area contributed by atoms with Gasteiger partial charge in [0.25, 0.3) is 5.91 Å². The Morgan fingerprint density at radius 2 is 1.69 bits per heavy atom. The van der Waals surface area contributed by atoms with Gasteiger partial charge in [0, 0.05) is 57.2 Å². The lowest BCUT2D eigenvalue weighted by molar-refractivity contribution is -0.128. The van der Waals surface area contributed by atoms with E-state index in [1.807, 2.05) is 30.3 Å². The average molecular weight is 473 g/mol. The first-order valence-electron chi connectivity index (χ1n) is 11.9. The summed E-state index contributed by atoms with van der Waals surface area (Å²) in [5.41, 5.74) is 9.46. The number of likely N-dealkylation sites (tertiary alicyclic amines) is 1. The highest BCUT2D eigenvalue weighted by atomic mass is 16.2. The summed E-state index contributed by atoms with van der Waals surface area (Å²) in [5, 5.41) is 3.09.